The Balaban J connectivity index is 2.21. The SMILES string of the molecule is N#CCCCN1CCOCC1=O. The number of unbranched alkanes of at least 4 members (excludes halogenated alkanes) is 1. The Morgan fingerprint density at radius 2 is 2.50 bits per heavy atom. The summed E-state index contributed by atoms with van der Waals surface area (Å²) in [6, 6.07) is 2.05. The van der Waals surface area contributed by atoms with Crippen molar-refractivity contribution in [3.63, 3.8) is 0 Å². The van der Waals surface area contributed by atoms with E-state index in [0.29, 0.717) is 26.1 Å². The number of carbonyl (C=O) groups excluding carboxylic acids is 1. The van der Waals surface area contributed by atoms with Gasteiger partial charge in [0.25, 0.3) is 0 Å². The Morgan fingerprint density at radius 1 is 1.67 bits per heavy atom. The summed E-state index contributed by atoms with van der Waals surface area (Å²) in [7, 11) is 0. The number of hydrogen-bond acceptors (Lipinski definition) is 3. The number of hydrogen-bond donors (Lipinski definition) is 0. The smallest absolute Gasteiger partial charge is 0.248 e. The van der Waals surface area contributed by atoms with Crippen molar-refractivity contribution in [2.45, 2.75) is 12.8 Å². The highest BCUT2D eigenvalue weighted by molar-refractivity contribution is 5.77. The molecule has 0 radical (unpaired) electrons. The van der Waals surface area contributed by atoms with Crippen LogP contribution >= 0.6 is 0 Å². The van der Waals surface area contributed by atoms with Crippen LogP contribution in [0.5, 0.6) is 0 Å². The number of amides is 1. The van der Waals surface area contributed by atoms with E-state index in [-0.39, 0.29) is 12.5 Å². The number of carbonyl (C=O) groups is 1. The molecule has 1 rings (SSSR count). The molecule has 0 aromatic heterocycles. The van der Waals surface area contributed by atoms with E-state index in [1.807, 2.05) is 0 Å². The lowest BCUT2D eigenvalue weighted by Crippen LogP contribution is -2.41. The first-order valence-corrected chi connectivity index (χ1v) is 4.07. The quantitative estimate of drug-likeness (QED) is 0.563. The first kappa shape index (κ1) is 9.01. The third kappa shape index (κ3) is 2.51. The number of rotatable bonds is 3. The van der Waals surface area contributed by atoms with Gasteiger partial charge in [-0.3, -0.25) is 4.79 Å². The van der Waals surface area contributed by atoms with Crippen LogP contribution in [0.4, 0.5) is 0 Å². The third-order valence-corrected chi connectivity index (χ3v) is 1.80. The van der Waals surface area contributed by atoms with Crippen LogP contribution in [0.25, 0.3) is 0 Å². The summed E-state index contributed by atoms with van der Waals surface area (Å²) < 4.78 is 4.96. The minimum Gasteiger partial charge on any atom is -0.370 e. The van der Waals surface area contributed by atoms with E-state index in [1.165, 1.54) is 0 Å². The fraction of sp³-hybridized carbons (Fsp3) is 0.750. The fourth-order valence-electron chi connectivity index (χ4n) is 1.14. The number of nitrogens with zero attached hydrogens (tertiary/aromatic N) is 2. The summed E-state index contributed by atoms with van der Waals surface area (Å²) in [5.74, 6) is 0.0409. The Hall–Kier alpha value is -1.08. The van der Waals surface area contributed by atoms with Crippen molar-refractivity contribution in [2.75, 3.05) is 26.3 Å². The molecular weight excluding hydrogens is 156 g/mol. The fourth-order valence-corrected chi connectivity index (χ4v) is 1.14. The van der Waals surface area contributed by atoms with E-state index in [1.54, 1.807) is 4.90 Å². The predicted octanol–water partition coefficient (Wildman–Crippen LogP) is 0.149. The molecule has 0 aromatic carbocycles. The zero-order valence-corrected chi connectivity index (χ0v) is 6.95. The first-order valence-electron chi connectivity index (χ1n) is 4.07. The maximum absolute atomic E-state index is 11.1. The number of ether oxygens (including phenoxy) is 1. The van der Waals surface area contributed by atoms with Gasteiger partial charge in [0.05, 0.1) is 12.7 Å². The van der Waals surface area contributed by atoms with E-state index in [2.05, 4.69) is 6.07 Å². The summed E-state index contributed by atoms with van der Waals surface area (Å²) in [6.07, 6.45) is 1.28. The molecule has 1 aliphatic heterocycles. The summed E-state index contributed by atoms with van der Waals surface area (Å²) >= 11 is 0. The van der Waals surface area contributed by atoms with Crippen molar-refractivity contribution in [1.29, 1.82) is 5.26 Å². The van der Waals surface area contributed by atoms with Crippen LogP contribution in [0.3, 0.4) is 0 Å². The molecule has 1 heterocycles. The number of nitriles is 1. The second-order valence-electron chi connectivity index (χ2n) is 2.70. The Bertz CT molecular complexity index is 198. The zero-order valence-electron chi connectivity index (χ0n) is 6.95. The monoisotopic (exact) mass is 168 g/mol. The van der Waals surface area contributed by atoms with Crippen LogP contribution in [0, 0.1) is 11.3 Å². The first-order chi connectivity index (χ1) is 5.84. The van der Waals surface area contributed by atoms with Gasteiger partial charge in [0.1, 0.15) is 6.61 Å². The van der Waals surface area contributed by atoms with Crippen LogP contribution in [0.2, 0.25) is 0 Å². The molecule has 12 heavy (non-hydrogen) atoms. The lowest BCUT2D eigenvalue weighted by atomic mass is 10.3. The van der Waals surface area contributed by atoms with E-state index < -0.39 is 0 Å². The lowest BCUT2D eigenvalue weighted by molar-refractivity contribution is -0.142. The summed E-state index contributed by atoms with van der Waals surface area (Å²) in [5, 5.41) is 8.28. The van der Waals surface area contributed by atoms with Crippen LogP contribution < -0.4 is 0 Å². The van der Waals surface area contributed by atoms with Gasteiger partial charge in [-0.15, -0.1) is 0 Å². The van der Waals surface area contributed by atoms with Crippen LogP contribution in [-0.4, -0.2) is 37.1 Å². The van der Waals surface area contributed by atoms with Gasteiger partial charge in [-0.25, -0.2) is 0 Å². The van der Waals surface area contributed by atoms with E-state index in [9.17, 15) is 4.79 Å². The highest BCUT2D eigenvalue weighted by Crippen LogP contribution is 2.00. The molecule has 1 saturated heterocycles. The van der Waals surface area contributed by atoms with Crippen LogP contribution in [0.15, 0.2) is 0 Å². The van der Waals surface area contributed by atoms with Gasteiger partial charge in [0.2, 0.25) is 5.91 Å². The predicted molar refractivity (Wildman–Crippen MR) is 42.2 cm³/mol. The highest BCUT2D eigenvalue weighted by Gasteiger charge is 2.17. The lowest BCUT2D eigenvalue weighted by Gasteiger charge is -2.26. The van der Waals surface area contributed by atoms with Gasteiger partial charge in [-0.1, -0.05) is 0 Å². The molecule has 1 aliphatic rings. The zero-order chi connectivity index (χ0) is 8.81. The summed E-state index contributed by atoms with van der Waals surface area (Å²) in [5.41, 5.74) is 0. The molecule has 0 saturated carbocycles. The van der Waals surface area contributed by atoms with Crippen molar-refractivity contribution in [3.8, 4) is 6.07 Å². The Morgan fingerprint density at radius 3 is 3.17 bits per heavy atom. The average Bonchev–Trinajstić information content (AvgIpc) is 2.09. The molecule has 1 amide bonds. The topological polar surface area (TPSA) is 53.3 Å². The average molecular weight is 168 g/mol. The van der Waals surface area contributed by atoms with Crippen LogP contribution in [0.1, 0.15) is 12.8 Å². The molecule has 0 atom stereocenters. The molecule has 0 bridgehead atoms. The van der Waals surface area contributed by atoms with Crippen LogP contribution in [-0.2, 0) is 9.53 Å². The molecule has 4 nitrogen and oxygen atoms in total. The molecule has 0 unspecified atom stereocenters. The van der Waals surface area contributed by atoms with E-state index in [0.717, 1.165) is 6.42 Å². The Kier molecular flexibility index (Phi) is 3.55. The largest absolute Gasteiger partial charge is 0.370 e. The standard InChI is InChI=1S/C8H12N2O2/c9-3-1-2-4-10-5-6-12-7-8(10)11/h1-2,4-7H2. The summed E-state index contributed by atoms with van der Waals surface area (Å²) in [6.45, 7) is 2.19. The van der Waals surface area contributed by atoms with Gasteiger partial charge < -0.3 is 9.64 Å². The Labute approximate surface area is 71.7 Å². The van der Waals surface area contributed by atoms with Crippen molar-refractivity contribution < 1.29 is 9.53 Å². The van der Waals surface area contributed by atoms with Gasteiger partial charge in [0, 0.05) is 19.5 Å². The molecule has 0 aromatic rings. The number of morpholine rings is 1. The van der Waals surface area contributed by atoms with Crippen molar-refractivity contribution >= 4 is 5.91 Å². The molecule has 66 valence electrons. The molecular formula is C8H12N2O2. The molecule has 0 spiro atoms. The summed E-state index contributed by atoms with van der Waals surface area (Å²) in [4.78, 5) is 12.9. The second-order valence-corrected chi connectivity index (χ2v) is 2.70. The molecule has 0 N–H and O–H groups in total. The molecule has 0 aliphatic carbocycles. The van der Waals surface area contributed by atoms with Gasteiger partial charge in [0.15, 0.2) is 0 Å². The van der Waals surface area contributed by atoms with E-state index in [4.69, 9.17) is 10.00 Å². The van der Waals surface area contributed by atoms with E-state index >= 15 is 0 Å². The maximum atomic E-state index is 11.1. The minimum atomic E-state index is 0.0409. The van der Waals surface area contributed by atoms with Gasteiger partial charge >= 0.3 is 0 Å². The van der Waals surface area contributed by atoms with Gasteiger partial charge in [-0.05, 0) is 6.42 Å². The second kappa shape index (κ2) is 4.73. The maximum Gasteiger partial charge on any atom is 0.248 e. The molecule has 4 heteroatoms. The highest BCUT2D eigenvalue weighted by atomic mass is 16.5. The van der Waals surface area contributed by atoms with Gasteiger partial charge in [-0.2, -0.15) is 5.26 Å². The minimum absolute atomic E-state index is 0.0409. The normalized spacial score (nSPS) is 17.6. The molecule has 1 fully saturated rings. The van der Waals surface area contributed by atoms with Crippen molar-refractivity contribution in [1.82, 2.24) is 4.90 Å². The van der Waals surface area contributed by atoms with Crippen molar-refractivity contribution in [3.05, 3.63) is 0 Å². The van der Waals surface area contributed by atoms with Crippen molar-refractivity contribution in [2.24, 2.45) is 0 Å². The third-order valence-electron chi connectivity index (χ3n) is 1.80.